The predicted molar refractivity (Wildman–Crippen MR) is 66.8 cm³/mol. The number of aliphatic hydroxyl groups is 1. The highest BCUT2D eigenvalue weighted by molar-refractivity contribution is 5.26. The SMILES string of the molecule is COCc1ccccc1CNCCOCCO. The molecule has 17 heavy (non-hydrogen) atoms. The third-order valence-corrected chi connectivity index (χ3v) is 2.39. The summed E-state index contributed by atoms with van der Waals surface area (Å²) in [6, 6.07) is 8.21. The third-order valence-electron chi connectivity index (χ3n) is 2.39. The summed E-state index contributed by atoms with van der Waals surface area (Å²) in [6.45, 7) is 3.33. The highest BCUT2D eigenvalue weighted by atomic mass is 16.5. The molecule has 4 nitrogen and oxygen atoms in total. The van der Waals surface area contributed by atoms with Gasteiger partial charge in [0.15, 0.2) is 0 Å². The molecule has 1 aromatic carbocycles. The van der Waals surface area contributed by atoms with Crippen molar-refractivity contribution >= 4 is 0 Å². The first-order chi connectivity index (χ1) is 8.38. The van der Waals surface area contributed by atoms with E-state index < -0.39 is 0 Å². The lowest BCUT2D eigenvalue weighted by Crippen LogP contribution is -2.20. The minimum atomic E-state index is 0.0800. The van der Waals surface area contributed by atoms with E-state index in [1.807, 2.05) is 12.1 Å². The molecule has 0 bridgehead atoms. The van der Waals surface area contributed by atoms with Crippen molar-refractivity contribution in [3.05, 3.63) is 35.4 Å². The summed E-state index contributed by atoms with van der Waals surface area (Å²) in [5.74, 6) is 0. The number of hydrogen-bond acceptors (Lipinski definition) is 4. The summed E-state index contributed by atoms with van der Waals surface area (Å²) in [5, 5.41) is 11.8. The minimum Gasteiger partial charge on any atom is -0.394 e. The molecule has 0 spiro atoms. The van der Waals surface area contributed by atoms with Crippen LogP contribution in [-0.2, 0) is 22.6 Å². The van der Waals surface area contributed by atoms with Crippen molar-refractivity contribution < 1.29 is 14.6 Å². The van der Waals surface area contributed by atoms with Crippen LogP contribution >= 0.6 is 0 Å². The van der Waals surface area contributed by atoms with Crippen molar-refractivity contribution in [1.82, 2.24) is 5.32 Å². The van der Waals surface area contributed by atoms with Crippen LogP contribution in [-0.4, -0.2) is 38.6 Å². The number of nitrogens with one attached hydrogen (secondary N) is 1. The Morgan fingerprint density at radius 2 is 1.94 bits per heavy atom. The van der Waals surface area contributed by atoms with E-state index >= 15 is 0 Å². The van der Waals surface area contributed by atoms with Gasteiger partial charge in [0.05, 0.1) is 26.4 Å². The van der Waals surface area contributed by atoms with E-state index in [1.165, 1.54) is 11.1 Å². The zero-order valence-corrected chi connectivity index (χ0v) is 10.3. The molecule has 0 aliphatic heterocycles. The monoisotopic (exact) mass is 239 g/mol. The van der Waals surface area contributed by atoms with Gasteiger partial charge in [-0.2, -0.15) is 0 Å². The Bertz CT molecular complexity index is 304. The maximum absolute atomic E-state index is 8.54. The lowest BCUT2D eigenvalue weighted by Gasteiger charge is -2.10. The molecule has 0 aliphatic rings. The van der Waals surface area contributed by atoms with Crippen LogP contribution in [0.1, 0.15) is 11.1 Å². The van der Waals surface area contributed by atoms with E-state index in [2.05, 4.69) is 17.4 Å². The van der Waals surface area contributed by atoms with Crippen molar-refractivity contribution in [2.45, 2.75) is 13.2 Å². The standard InChI is InChI=1S/C13H21NO3/c1-16-11-13-5-3-2-4-12(13)10-14-6-8-17-9-7-15/h2-5,14-15H,6-11H2,1H3. The Morgan fingerprint density at radius 3 is 2.65 bits per heavy atom. The van der Waals surface area contributed by atoms with Gasteiger partial charge in [0.25, 0.3) is 0 Å². The lowest BCUT2D eigenvalue weighted by atomic mass is 10.1. The number of hydrogen-bond donors (Lipinski definition) is 2. The summed E-state index contributed by atoms with van der Waals surface area (Å²) < 4.78 is 10.3. The number of aliphatic hydroxyl groups excluding tert-OH is 1. The zero-order chi connectivity index (χ0) is 12.3. The van der Waals surface area contributed by atoms with Crippen LogP contribution in [0, 0.1) is 0 Å². The summed E-state index contributed by atoms with van der Waals surface area (Å²) in [6.07, 6.45) is 0. The second kappa shape index (κ2) is 9.13. The summed E-state index contributed by atoms with van der Waals surface area (Å²) in [5.41, 5.74) is 2.45. The summed E-state index contributed by atoms with van der Waals surface area (Å²) >= 11 is 0. The molecule has 0 unspecified atom stereocenters. The highest BCUT2D eigenvalue weighted by Gasteiger charge is 2.00. The molecule has 4 heteroatoms. The molecule has 2 N–H and O–H groups in total. The molecule has 0 radical (unpaired) electrons. The van der Waals surface area contributed by atoms with E-state index in [1.54, 1.807) is 7.11 Å². The van der Waals surface area contributed by atoms with E-state index in [-0.39, 0.29) is 6.61 Å². The van der Waals surface area contributed by atoms with Crippen LogP contribution < -0.4 is 5.32 Å². The Kier molecular flexibility index (Phi) is 7.58. The molecule has 1 aromatic rings. The van der Waals surface area contributed by atoms with Gasteiger partial charge >= 0.3 is 0 Å². The number of methoxy groups -OCH3 is 1. The second-order valence-electron chi connectivity index (χ2n) is 3.71. The van der Waals surface area contributed by atoms with Crippen molar-refractivity contribution in [2.24, 2.45) is 0 Å². The Labute approximate surface area is 103 Å². The van der Waals surface area contributed by atoms with Crippen LogP contribution in [0.3, 0.4) is 0 Å². The first kappa shape index (κ1) is 14.1. The topological polar surface area (TPSA) is 50.7 Å². The van der Waals surface area contributed by atoms with Crippen LogP contribution in [0.4, 0.5) is 0 Å². The smallest absolute Gasteiger partial charge is 0.0716 e. The normalized spacial score (nSPS) is 10.7. The maximum Gasteiger partial charge on any atom is 0.0716 e. The molecule has 96 valence electrons. The van der Waals surface area contributed by atoms with E-state index in [0.717, 1.165) is 13.1 Å². The predicted octanol–water partition coefficient (Wildman–Crippen LogP) is 0.931. The molecule has 0 amide bonds. The molecule has 1 rings (SSSR count). The molecule has 0 fully saturated rings. The van der Waals surface area contributed by atoms with Gasteiger partial charge in [-0.25, -0.2) is 0 Å². The fraction of sp³-hybridized carbons (Fsp3) is 0.538. The second-order valence-corrected chi connectivity index (χ2v) is 3.71. The van der Waals surface area contributed by atoms with Gasteiger partial charge in [-0.3, -0.25) is 0 Å². The lowest BCUT2D eigenvalue weighted by molar-refractivity contribution is 0.0937. The molecule has 0 saturated carbocycles. The van der Waals surface area contributed by atoms with Gasteiger partial charge in [-0.1, -0.05) is 24.3 Å². The first-order valence-corrected chi connectivity index (χ1v) is 5.83. The molecule has 0 saturated heterocycles. The molecule has 0 aliphatic carbocycles. The number of benzene rings is 1. The quantitative estimate of drug-likeness (QED) is 0.629. The van der Waals surface area contributed by atoms with Crippen LogP contribution in [0.25, 0.3) is 0 Å². The Balaban J connectivity index is 2.25. The van der Waals surface area contributed by atoms with E-state index in [0.29, 0.717) is 19.8 Å². The van der Waals surface area contributed by atoms with E-state index in [9.17, 15) is 0 Å². The molecule has 0 aromatic heterocycles. The number of ether oxygens (including phenoxy) is 2. The van der Waals surface area contributed by atoms with E-state index in [4.69, 9.17) is 14.6 Å². The first-order valence-electron chi connectivity index (χ1n) is 5.83. The molecular weight excluding hydrogens is 218 g/mol. The average Bonchev–Trinajstić information content (AvgIpc) is 2.36. The van der Waals surface area contributed by atoms with Gasteiger partial charge in [0.1, 0.15) is 0 Å². The van der Waals surface area contributed by atoms with Gasteiger partial charge in [-0.15, -0.1) is 0 Å². The van der Waals surface area contributed by atoms with Crippen molar-refractivity contribution in [1.29, 1.82) is 0 Å². The fourth-order valence-corrected chi connectivity index (χ4v) is 1.56. The van der Waals surface area contributed by atoms with Crippen molar-refractivity contribution in [3.8, 4) is 0 Å². The average molecular weight is 239 g/mol. The Hall–Kier alpha value is -0.940. The van der Waals surface area contributed by atoms with Crippen LogP contribution in [0.5, 0.6) is 0 Å². The molecule has 0 heterocycles. The highest BCUT2D eigenvalue weighted by Crippen LogP contribution is 2.09. The van der Waals surface area contributed by atoms with Crippen LogP contribution in [0.2, 0.25) is 0 Å². The third kappa shape index (κ3) is 5.79. The van der Waals surface area contributed by atoms with Crippen molar-refractivity contribution in [3.63, 3.8) is 0 Å². The number of rotatable bonds is 9. The Morgan fingerprint density at radius 1 is 1.18 bits per heavy atom. The minimum absolute atomic E-state index is 0.0800. The van der Waals surface area contributed by atoms with Gasteiger partial charge in [0.2, 0.25) is 0 Å². The van der Waals surface area contributed by atoms with Crippen molar-refractivity contribution in [2.75, 3.05) is 33.5 Å². The van der Waals surface area contributed by atoms with Gasteiger partial charge in [-0.05, 0) is 11.1 Å². The zero-order valence-electron chi connectivity index (χ0n) is 10.3. The molecule has 0 atom stereocenters. The van der Waals surface area contributed by atoms with Gasteiger partial charge < -0.3 is 19.9 Å². The van der Waals surface area contributed by atoms with Gasteiger partial charge in [0, 0.05) is 20.2 Å². The largest absolute Gasteiger partial charge is 0.394 e. The van der Waals surface area contributed by atoms with Crippen LogP contribution in [0.15, 0.2) is 24.3 Å². The maximum atomic E-state index is 8.54. The molecular formula is C13H21NO3. The fourth-order valence-electron chi connectivity index (χ4n) is 1.56. The summed E-state index contributed by atoms with van der Waals surface area (Å²) in [4.78, 5) is 0. The summed E-state index contributed by atoms with van der Waals surface area (Å²) in [7, 11) is 1.70.